The first kappa shape index (κ1) is 13.3. The van der Waals surface area contributed by atoms with Crippen LogP contribution in [0.2, 0.25) is 0 Å². The van der Waals surface area contributed by atoms with E-state index in [1.165, 1.54) is 12.8 Å². The summed E-state index contributed by atoms with van der Waals surface area (Å²) < 4.78 is 0. The number of carboxylic acid groups (broad SMARTS) is 1. The molecule has 0 aromatic heterocycles. The predicted molar refractivity (Wildman–Crippen MR) is 67.2 cm³/mol. The van der Waals surface area contributed by atoms with Crippen LogP contribution in [0.1, 0.15) is 44.9 Å². The number of carbonyl (C=O) groups excluding carboxylic acids is 1. The first-order valence-corrected chi connectivity index (χ1v) is 6.86. The summed E-state index contributed by atoms with van der Waals surface area (Å²) in [7, 11) is 0. The quantitative estimate of drug-likeness (QED) is 0.658. The Kier molecular flexibility index (Phi) is 4.22. The summed E-state index contributed by atoms with van der Waals surface area (Å²) in [5, 5.41) is 15.1. The summed E-state index contributed by atoms with van der Waals surface area (Å²) >= 11 is 0. The van der Waals surface area contributed by atoms with Crippen molar-refractivity contribution in [3.8, 4) is 0 Å². The van der Waals surface area contributed by atoms with E-state index >= 15 is 0 Å². The van der Waals surface area contributed by atoms with Gasteiger partial charge in [-0.15, -0.1) is 0 Å². The molecule has 0 spiro atoms. The Balaban J connectivity index is 1.66. The molecule has 0 atom stereocenters. The second-order valence-corrected chi connectivity index (χ2v) is 5.58. The van der Waals surface area contributed by atoms with Gasteiger partial charge >= 0.3 is 5.97 Å². The van der Waals surface area contributed by atoms with Crippen molar-refractivity contribution in [1.82, 2.24) is 10.6 Å². The Bertz CT molecular complexity index is 320. The van der Waals surface area contributed by atoms with Gasteiger partial charge in [0.1, 0.15) is 0 Å². The zero-order chi connectivity index (χ0) is 13.0. The lowest BCUT2D eigenvalue weighted by Crippen LogP contribution is -2.49. The molecular formula is C13H22N2O3. The van der Waals surface area contributed by atoms with Gasteiger partial charge in [0, 0.05) is 12.6 Å². The molecule has 0 aromatic carbocycles. The van der Waals surface area contributed by atoms with Crippen molar-refractivity contribution in [2.45, 2.75) is 51.0 Å². The fraction of sp³-hybridized carbons (Fsp3) is 0.846. The minimum atomic E-state index is -0.780. The van der Waals surface area contributed by atoms with Gasteiger partial charge in [-0.2, -0.15) is 0 Å². The minimum Gasteiger partial charge on any atom is -0.481 e. The van der Waals surface area contributed by atoms with E-state index in [9.17, 15) is 9.59 Å². The van der Waals surface area contributed by atoms with Crippen LogP contribution < -0.4 is 10.6 Å². The molecule has 2 aliphatic carbocycles. The van der Waals surface area contributed by atoms with Gasteiger partial charge in [-0.05, 0) is 25.7 Å². The molecule has 0 aliphatic heterocycles. The van der Waals surface area contributed by atoms with Gasteiger partial charge in [0.05, 0.1) is 12.0 Å². The molecule has 0 saturated heterocycles. The van der Waals surface area contributed by atoms with Crippen molar-refractivity contribution in [1.29, 1.82) is 0 Å². The molecule has 3 N–H and O–H groups in total. The van der Waals surface area contributed by atoms with Crippen LogP contribution in [0.5, 0.6) is 0 Å². The third-order valence-electron chi connectivity index (χ3n) is 4.29. The van der Waals surface area contributed by atoms with Crippen LogP contribution >= 0.6 is 0 Å². The van der Waals surface area contributed by atoms with E-state index < -0.39 is 11.4 Å². The second-order valence-electron chi connectivity index (χ2n) is 5.58. The van der Waals surface area contributed by atoms with Crippen molar-refractivity contribution < 1.29 is 14.7 Å². The number of nitrogens with one attached hydrogen (secondary N) is 2. The zero-order valence-electron chi connectivity index (χ0n) is 10.7. The Labute approximate surface area is 107 Å². The van der Waals surface area contributed by atoms with E-state index in [0.717, 1.165) is 19.3 Å². The van der Waals surface area contributed by atoms with Gasteiger partial charge in [0.2, 0.25) is 5.91 Å². The van der Waals surface area contributed by atoms with Gasteiger partial charge in [0.25, 0.3) is 0 Å². The molecule has 0 radical (unpaired) electrons. The molecule has 0 heterocycles. The van der Waals surface area contributed by atoms with Gasteiger partial charge in [-0.3, -0.25) is 9.59 Å². The maximum atomic E-state index is 11.6. The topological polar surface area (TPSA) is 78.4 Å². The lowest BCUT2D eigenvalue weighted by atomic mass is 9.69. The summed E-state index contributed by atoms with van der Waals surface area (Å²) in [6, 6.07) is 0.466. The van der Waals surface area contributed by atoms with Crippen LogP contribution in [0, 0.1) is 5.41 Å². The van der Waals surface area contributed by atoms with E-state index in [4.69, 9.17) is 5.11 Å². The normalized spacial score (nSPS) is 22.4. The Morgan fingerprint density at radius 3 is 2.33 bits per heavy atom. The highest BCUT2D eigenvalue weighted by molar-refractivity contribution is 5.80. The molecule has 5 nitrogen and oxygen atoms in total. The Morgan fingerprint density at radius 2 is 1.83 bits per heavy atom. The molecule has 0 unspecified atom stereocenters. The molecule has 2 rings (SSSR count). The van der Waals surface area contributed by atoms with E-state index in [0.29, 0.717) is 25.4 Å². The van der Waals surface area contributed by atoms with Crippen LogP contribution in [-0.4, -0.2) is 36.1 Å². The SMILES string of the molecule is O=C(CNC1CCCC1)NCC1(C(=O)O)CCC1. The number of amides is 1. The number of aliphatic carboxylic acids is 1. The average Bonchev–Trinajstić information content (AvgIpc) is 2.77. The highest BCUT2D eigenvalue weighted by Crippen LogP contribution is 2.40. The monoisotopic (exact) mass is 254 g/mol. The predicted octanol–water partition coefficient (Wildman–Crippen LogP) is 0.890. The molecule has 1 amide bonds. The van der Waals surface area contributed by atoms with Crippen LogP contribution in [0.15, 0.2) is 0 Å². The molecule has 0 bridgehead atoms. The first-order chi connectivity index (χ1) is 8.62. The zero-order valence-corrected chi connectivity index (χ0v) is 10.7. The first-order valence-electron chi connectivity index (χ1n) is 6.86. The highest BCUT2D eigenvalue weighted by atomic mass is 16.4. The second kappa shape index (κ2) is 5.69. The Hall–Kier alpha value is -1.10. The van der Waals surface area contributed by atoms with Crippen LogP contribution in [-0.2, 0) is 9.59 Å². The van der Waals surface area contributed by atoms with Crippen molar-refractivity contribution in [2.75, 3.05) is 13.1 Å². The summed E-state index contributed by atoms with van der Waals surface area (Å²) in [5.74, 6) is -0.868. The van der Waals surface area contributed by atoms with E-state index in [1.807, 2.05) is 0 Å². The summed E-state index contributed by atoms with van der Waals surface area (Å²) in [4.78, 5) is 22.8. The molecule has 2 fully saturated rings. The maximum absolute atomic E-state index is 11.6. The van der Waals surface area contributed by atoms with Gasteiger partial charge in [0.15, 0.2) is 0 Å². The number of hydrogen-bond donors (Lipinski definition) is 3. The summed E-state index contributed by atoms with van der Waals surface area (Å²) in [6.07, 6.45) is 7.07. The molecule has 102 valence electrons. The molecular weight excluding hydrogens is 232 g/mol. The highest BCUT2D eigenvalue weighted by Gasteiger charge is 2.44. The van der Waals surface area contributed by atoms with E-state index in [1.54, 1.807) is 0 Å². The molecule has 5 heteroatoms. The van der Waals surface area contributed by atoms with Crippen LogP contribution in [0.25, 0.3) is 0 Å². The van der Waals surface area contributed by atoms with Crippen LogP contribution in [0.4, 0.5) is 0 Å². The summed E-state index contributed by atoms with van der Waals surface area (Å²) in [6.45, 7) is 0.577. The van der Waals surface area contributed by atoms with E-state index in [-0.39, 0.29) is 12.5 Å². The Morgan fingerprint density at radius 1 is 1.17 bits per heavy atom. The third kappa shape index (κ3) is 3.02. The number of hydrogen-bond acceptors (Lipinski definition) is 3. The van der Waals surface area contributed by atoms with Crippen molar-refractivity contribution >= 4 is 11.9 Å². The third-order valence-corrected chi connectivity index (χ3v) is 4.29. The molecule has 2 aliphatic rings. The molecule has 18 heavy (non-hydrogen) atoms. The fourth-order valence-corrected chi connectivity index (χ4v) is 2.77. The van der Waals surface area contributed by atoms with Gasteiger partial charge < -0.3 is 15.7 Å². The number of carbonyl (C=O) groups is 2. The number of rotatable bonds is 6. The average molecular weight is 254 g/mol. The van der Waals surface area contributed by atoms with Gasteiger partial charge in [-0.25, -0.2) is 0 Å². The van der Waals surface area contributed by atoms with E-state index in [2.05, 4.69) is 10.6 Å². The fourth-order valence-electron chi connectivity index (χ4n) is 2.77. The van der Waals surface area contributed by atoms with Crippen molar-refractivity contribution in [2.24, 2.45) is 5.41 Å². The van der Waals surface area contributed by atoms with Crippen LogP contribution in [0.3, 0.4) is 0 Å². The molecule has 0 aromatic rings. The lowest BCUT2D eigenvalue weighted by Gasteiger charge is -2.37. The van der Waals surface area contributed by atoms with Gasteiger partial charge in [-0.1, -0.05) is 19.3 Å². The smallest absolute Gasteiger partial charge is 0.311 e. The standard InChI is InChI=1S/C13H22N2O3/c16-11(8-14-10-4-1-2-5-10)15-9-13(12(17)18)6-3-7-13/h10,14H,1-9H2,(H,15,16)(H,17,18). The van der Waals surface area contributed by atoms with Crippen molar-refractivity contribution in [3.05, 3.63) is 0 Å². The number of carboxylic acids is 1. The maximum Gasteiger partial charge on any atom is 0.311 e. The lowest BCUT2D eigenvalue weighted by molar-refractivity contribution is -0.154. The molecule has 2 saturated carbocycles. The van der Waals surface area contributed by atoms with Crippen molar-refractivity contribution in [3.63, 3.8) is 0 Å². The summed E-state index contributed by atoms with van der Waals surface area (Å²) in [5.41, 5.74) is -0.691. The largest absolute Gasteiger partial charge is 0.481 e. The minimum absolute atomic E-state index is 0.0885.